The van der Waals surface area contributed by atoms with Crippen molar-refractivity contribution in [1.29, 1.82) is 0 Å². The summed E-state index contributed by atoms with van der Waals surface area (Å²) in [7, 11) is -18.8. The Hall–Kier alpha value is -1.32. The molecule has 0 saturated heterocycles. The van der Waals surface area contributed by atoms with Crippen LogP contribution in [0.15, 0.2) is 113 Å². The number of phenolic OH excluding ortho intramolecular Hbond substituents is 2. The first-order valence-electron chi connectivity index (χ1n) is 17.2. The Morgan fingerprint density at radius 1 is 0.556 bits per heavy atom. The van der Waals surface area contributed by atoms with Crippen molar-refractivity contribution in [3.05, 3.63) is 78.1 Å². The van der Waals surface area contributed by atoms with Gasteiger partial charge >= 0.3 is 118 Å². The van der Waals surface area contributed by atoms with Crippen molar-refractivity contribution in [1.82, 2.24) is 15.0 Å². The SMILES string of the molecule is C.O=S(=O)([O-])c1ccc(Nc2nc(Cl)nc(Nc3ccc(S(=O)(=O)CCOSOO[O-])cc3)n2)cc1N=Nc1cc(N=Nc2ccc(S(=O)(=O)CCOSOO[O-])cc2S(=O)(=O)[O-])c(O)cc1O.[Na+].[Na+].[Na+].[Na+]. The van der Waals surface area contributed by atoms with Crippen molar-refractivity contribution < 1.29 is 209 Å². The van der Waals surface area contributed by atoms with Crippen LogP contribution >= 0.6 is 36.2 Å². The number of rotatable bonds is 24. The van der Waals surface area contributed by atoms with Gasteiger partial charge in [-0.2, -0.15) is 15.0 Å². The van der Waals surface area contributed by atoms with Crippen LogP contribution in [0.1, 0.15) is 7.43 Å². The summed E-state index contributed by atoms with van der Waals surface area (Å²) in [6, 6.07) is 11.9. The zero-order valence-corrected chi connectivity index (χ0v) is 50.1. The predicted octanol–water partition coefficient (Wildman–Crippen LogP) is -8.13. The molecule has 0 radical (unpaired) electrons. The normalized spacial score (nSPS) is 11.7. The molecule has 40 heteroatoms. The molecule has 4 aromatic carbocycles. The number of halogens is 1. The number of hydrogen-bond donors (Lipinski definition) is 4. The second kappa shape index (κ2) is 32.4. The summed E-state index contributed by atoms with van der Waals surface area (Å²) in [5, 5.41) is 66.6. The van der Waals surface area contributed by atoms with Crippen LogP contribution in [-0.2, 0) is 67.0 Å². The quantitative estimate of drug-likeness (QED) is 0.00848. The number of benzene rings is 4. The minimum absolute atomic E-state index is 0. The average molecular weight is 1180 g/mol. The number of aromatic nitrogens is 3. The monoisotopic (exact) mass is 1180 g/mol. The molecule has 1 heterocycles. The smallest absolute Gasteiger partial charge is 0.744 e. The van der Waals surface area contributed by atoms with E-state index in [1.165, 1.54) is 24.3 Å². The maximum Gasteiger partial charge on any atom is 1.00 e. The van der Waals surface area contributed by atoms with Crippen molar-refractivity contribution in [3.8, 4) is 11.5 Å². The van der Waals surface area contributed by atoms with Gasteiger partial charge in [-0.3, -0.25) is 18.4 Å². The molecule has 0 unspecified atom stereocenters. The molecule has 1 aromatic heterocycles. The minimum Gasteiger partial charge on any atom is -0.744 e. The Bertz CT molecular complexity index is 3130. The van der Waals surface area contributed by atoms with E-state index in [-0.39, 0.29) is 190 Å². The second-order valence-electron chi connectivity index (χ2n) is 12.2. The summed E-state index contributed by atoms with van der Waals surface area (Å²) in [6.07, 6.45) is 0. The predicted molar refractivity (Wildman–Crippen MR) is 227 cm³/mol. The third kappa shape index (κ3) is 21.6. The number of azo groups is 2. The molecule has 0 aliphatic heterocycles. The molecule has 4 N–H and O–H groups in total. The molecule has 0 aliphatic carbocycles. The molecule has 0 spiro atoms. The van der Waals surface area contributed by atoms with Crippen LogP contribution in [0.3, 0.4) is 0 Å². The van der Waals surface area contributed by atoms with Gasteiger partial charge in [0, 0.05) is 23.5 Å². The third-order valence-corrected chi connectivity index (χ3v) is 13.8. The Morgan fingerprint density at radius 2 is 1.00 bits per heavy atom. The number of anilines is 4. The fourth-order valence-corrected chi connectivity index (χ4v) is 9.20. The van der Waals surface area contributed by atoms with Gasteiger partial charge in [0.15, 0.2) is 44.3 Å². The van der Waals surface area contributed by atoms with Gasteiger partial charge in [0.1, 0.15) is 54.5 Å². The van der Waals surface area contributed by atoms with E-state index >= 15 is 0 Å². The summed E-state index contributed by atoms with van der Waals surface area (Å²) >= 11 is 6.27. The Labute approximate surface area is 511 Å². The van der Waals surface area contributed by atoms with E-state index in [4.69, 9.17) is 15.8 Å². The standard InChI is InChI=1S/C31H28ClN9O20S6.CH4.4Na/c32-29-35-30(33-17-1-4-19(5-2-17)64(46,47)11-9-56-62-60-58-44)37-31(36-29)34-18-3-8-27(66(50,51)52)24(13-18)41-40-23-15-22(25(42)16-26(23)43)39-38-21-7-6-20(14-28(21)67(53,54)55)65(48,49)12-10-57-63-61-59-45;;;;;/h1-8,13-16,42-45H,9-12H2,(H,50,51,52)(H,53,54,55)(H2,33,34,35,36,37);1H4;;;;/q;;4*+1/p-4. The Kier molecular flexibility index (Phi) is 31.8. The fraction of sp³-hybridized carbons (Fsp3) is 0.156. The van der Waals surface area contributed by atoms with Gasteiger partial charge in [-0.25, -0.2) is 33.7 Å². The molecular weight excluding hydrogens is 1150 g/mol. The third-order valence-electron chi connectivity index (χ3n) is 7.80. The molecule has 5 aromatic rings. The van der Waals surface area contributed by atoms with E-state index in [0.29, 0.717) is 12.1 Å². The second-order valence-corrected chi connectivity index (χ2v) is 20.4. The minimum atomic E-state index is -5.43. The van der Waals surface area contributed by atoms with Crippen LogP contribution < -0.4 is 139 Å². The van der Waals surface area contributed by atoms with Crippen molar-refractivity contribution >= 4 is 122 Å². The molecule has 368 valence electrons. The number of sulfone groups is 2. The summed E-state index contributed by atoms with van der Waals surface area (Å²) in [5.74, 6) is -3.22. The largest absolute Gasteiger partial charge is 1.00 e. The Morgan fingerprint density at radius 3 is 1.50 bits per heavy atom. The summed E-state index contributed by atoms with van der Waals surface area (Å²) < 4.78 is 140. The number of aromatic hydroxyl groups is 2. The van der Waals surface area contributed by atoms with Crippen LogP contribution in [0.25, 0.3) is 0 Å². The van der Waals surface area contributed by atoms with Gasteiger partial charge in [-0.05, 0) is 72.3 Å². The molecule has 72 heavy (non-hydrogen) atoms. The topological polar surface area (TPSA) is 437 Å². The summed E-state index contributed by atoms with van der Waals surface area (Å²) in [4.78, 5) is 9.26. The molecule has 29 nitrogen and oxygen atoms in total. The number of phenols is 2. The molecule has 0 atom stereocenters. The molecule has 0 amide bonds. The molecule has 0 fully saturated rings. The fourth-order valence-electron chi connectivity index (χ4n) is 4.90. The molecule has 0 bridgehead atoms. The van der Waals surface area contributed by atoms with Gasteiger partial charge in [-0.15, -0.1) is 29.1 Å². The first-order valence-corrected chi connectivity index (χ1v) is 25.0. The van der Waals surface area contributed by atoms with Crippen molar-refractivity contribution in [3.63, 3.8) is 0 Å². The van der Waals surface area contributed by atoms with E-state index in [1.54, 1.807) is 0 Å². The van der Waals surface area contributed by atoms with Gasteiger partial charge in [0.25, 0.3) is 0 Å². The van der Waals surface area contributed by atoms with Crippen LogP contribution in [0.5, 0.6) is 11.5 Å². The van der Waals surface area contributed by atoms with Gasteiger partial charge in [0.05, 0.1) is 44.3 Å². The average Bonchev–Trinajstić information content (AvgIpc) is 3.25. The zero-order valence-electron chi connectivity index (χ0n) is 36.5. The van der Waals surface area contributed by atoms with Gasteiger partial charge in [-0.1, -0.05) is 7.43 Å². The van der Waals surface area contributed by atoms with E-state index in [9.17, 15) is 63.5 Å². The van der Waals surface area contributed by atoms with Crippen molar-refractivity contribution in [2.24, 2.45) is 20.5 Å². The number of nitrogens with one attached hydrogen (secondary N) is 2. The van der Waals surface area contributed by atoms with Gasteiger partial charge < -0.3 is 40.5 Å². The first kappa shape index (κ1) is 70.7. The van der Waals surface area contributed by atoms with Crippen LogP contribution in [0.2, 0.25) is 5.28 Å². The van der Waals surface area contributed by atoms with Crippen LogP contribution in [0.4, 0.5) is 46.0 Å². The maximum atomic E-state index is 12.7. The van der Waals surface area contributed by atoms with Crippen LogP contribution in [-0.4, -0.2) is 92.7 Å². The summed E-state index contributed by atoms with van der Waals surface area (Å²) in [5.41, 5.74) is -2.13. The molecule has 0 saturated carbocycles. The van der Waals surface area contributed by atoms with E-state index in [1.807, 2.05) is 0 Å². The van der Waals surface area contributed by atoms with Crippen LogP contribution in [0, 0.1) is 0 Å². The molecular formula is C32H28ClN9Na4O20S6. The number of nitrogens with zero attached hydrogens (tertiary/aromatic N) is 7. The number of hydrogen-bond acceptors (Lipinski definition) is 31. The first-order chi connectivity index (χ1) is 31.6. The zero-order chi connectivity index (χ0) is 49.0. The van der Waals surface area contributed by atoms with E-state index in [0.717, 1.165) is 36.4 Å². The molecule has 5 rings (SSSR count). The van der Waals surface area contributed by atoms with E-state index < -0.39 is 107 Å². The molecule has 0 aliphatic rings. The van der Waals surface area contributed by atoms with Crippen molar-refractivity contribution in [2.45, 2.75) is 27.0 Å². The summed E-state index contributed by atoms with van der Waals surface area (Å²) in [6.45, 7) is -0.905. The maximum absolute atomic E-state index is 12.7. The van der Waals surface area contributed by atoms with E-state index in [2.05, 4.69) is 69.0 Å². The Balaban J connectivity index is 0.0000101. The van der Waals surface area contributed by atoms with Gasteiger partial charge in [0.2, 0.25) is 17.2 Å². The van der Waals surface area contributed by atoms with Crippen molar-refractivity contribution in [2.75, 3.05) is 35.4 Å².